The monoisotopic (exact) mass is 383 g/mol. The predicted octanol–water partition coefficient (Wildman–Crippen LogP) is 6.16. The number of furan rings is 1. The quantitative estimate of drug-likeness (QED) is 0.497. The molecule has 0 saturated heterocycles. The van der Waals surface area contributed by atoms with E-state index in [0.717, 1.165) is 10.5 Å². The zero-order valence-electron chi connectivity index (χ0n) is 14.8. The molecule has 5 heteroatoms. The molecule has 1 unspecified atom stereocenters. The Morgan fingerprint density at radius 1 is 1.27 bits per heavy atom. The number of hydrogen-bond acceptors (Lipinski definition) is 4. The summed E-state index contributed by atoms with van der Waals surface area (Å²) in [5, 5.41) is 7.79. The van der Waals surface area contributed by atoms with Crippen molar-refractivity contribution in [1.82, 2.24) is 5.32 Å². The summed E-state index contributed by atoms with van der Waals surface area (Å²) in [6.45, 7) is 7.94. The molecule has 2 heterocycles. The third kappa shape index (κ3) is 4.29. The molecule has 3 aromatic rings. The second-order valence-corrected chi connectivity index (χ2v) is 7.84. The number of aryl methyl sites for hydroxylation is 2. The summed E-state index contributed by atoms with van der Waals surface area (Å²) < 4.78 is 5.78. The third-order valence-corrected chi connectivity index (χ3v) is 6.04. The molecule has 1 aromatic carbocycles. The van der Waals surface area contributed by atoms with Gasteiger partial charge in [-0.25, -0.2) is 0 Å². The van der Waals surface area contributed by atoms with Crippen LogP contribution in [0.3, 0.4) is 0 Å². The number of hydrogen-bond donors (Lipinski definition) is 1. The lowest BCUT2D eigenvalue weighted by molar-refractivity contribution is 0.0904. The van der Waals surface area contributed by atoms with E-state index in [-0.39, 0.29) is 11.9 Å². The molecule has 2 aromatic heterocycles. The molecule has 0 fully saturated rings. The number of thiophene rings is 1. The largest absolute Gasteiger partial charge is 0.444 e. The van der Waals surface area contributed by atoms with Crippen molar-refractivity contribution < 1.29 is 9.21 Å². The van der Waals surface area contributed by atoms with Gasteiger partial charge in [0.15, 0.2) is 10.9 Å². The van der Waals surface area contributed by atoms with Gasteiger partial charge in [0.2, 0.25) is 0 Å². The van der Waals surface area contributed by atoms with Gasteiger partial charge < -0.3 is 9.73 Å². The summed E-state index contributed by atoms with van der Waals surface area (Å²) >= 11 is 3.16. The van der Waals surface area contributed by atoms with Crippen molar-refractivity contribution in [2.24, 2.45) is 0 Å². The number of rotatable bonds is 7. The number of nitrogens with one attached hydrogen (secondary N) is 1. The molecular weight excluding hydrogens is 362 g/mol. The highest BCUT2D eigenvalue weighted by molar-refractivity contribution is 7.99. The van der Waals surface area contributed by atoms with E-state index in [2.05, 4.69) is 37.9 Å². The van der Waals surface area contributed by atoms with Gasteiger partial charge in [-0.1, -0.05) is 36.0 Å². The minimum atomic E-state index is -0.212. The van der Waals surface area contributed by atoms with Crippen LogP contribution in [0.5, 0.6) is 0 Å². The molecule has 1 N–H and O–H groups in total. The Morgan fingerprint density at radius 2 is 2.04 bits per heavy atom. The molecular formula is C21H21NO2S2. The SMILES string of the molecule is C=CCC(NC(=O)c1ccc(Sc2c(C)cccc2C)o1)c1ccsc1. The summed E-state index contributed by atoms with van der Waals surface area (Å²) in [5.41, 5.74) is 3.47. The first-order valence-corrected chi connectivity index (χ1v) is 10.1. The molecule has 3 rings (SSSR count). The van der Waals surface area contributed by atoms with Gasteiger partial charge in [0.1, 0.15) is 0 Å². The Hall–Kier alpha value is -2.24. The Balaban J connectivity index is 1.72. The van der Waals surface area contributed by atoms with Crippen LogP contribution in [-0.2, 0) is 0 Å². The molecule has 0 spiro atoms. The van der Waals surface area contributed by atoms with Gasteiger partial charge in [0, 0.05) is 4.90 Å². The number of amides is 1. The van der Waals surface area contributed by atoms with Crippen LogP contribution >= 0.6 is 23.1 Å². The van der Waals surface area contributed by atoms with Crippen molar-refractivity contribution in [2.75, 3.05) is 0 Å². The minimum absolute atomic E-state index is 0.0916. The third-order valence-electron chi connectivity index (χ3n) is 4.07. The Labute approximate surface area is 162 Å². The summed E-state index contributed by atoms with van der Waals surface area (Å²) in [6.07, 6.45) is 2.49. The Bertz CT molecular complexity index is 876. The van der Waals surface area contributed by atoms with E-state index < -0.39 is 0 Å². The minimum Gasteiger partial charge on any atom is -0.444 e. The second-order valence-electron chi connectivity index (χ2n) is 6.05. The molecule has 0 aliphatic heterocycles. The topological polar surface area (TPSA) is 42.2 Å². The number of benzene rings is 1. The van der Waals surface area contributed by atoms with Gasteiger partial charge in [0.25, 0.3) is 5.91 Å². The van der Waals surface area contributed by atoms with E-state index >= 15 is 0 Å². The number of carbonyl (C=O) groups is 1. The molecule has 0 aliphatic rings. The zero-order valence-corrected chi connectivity index (χ0v) is 16.5. The van der Waals surface area contributed by atoms with Crippen molar-refractivity contribution in [3.63, 3.8) is 0 Å². The first-order valence-electron chi connectivity index (χ1n) is 8.36. The van der Waals surface area contributed by atoms with E-state index in [9.17, 15) is 4.79 Å². The molecule has 0 bridgehead atoms. The summed E-state index contributed by atoms with van der Waals surface area (Å²) in [4.78, 5) is 13.7. The van der Waals surface area contributed by atoms with Gasteiger partial charge in [-0.2, -0.15) is 11.3 Å². The fraction of sp³-hybridized carbons (Fsp3) is 0.190. The van der Waals surface area contributed by atoms with Gasteiger partial charge in [0.05, 0.1) is 6.04 Å². The zero-order chi connectivity index (χ0) is 18.5. The van der Waals surface area contributed by atoms with Gasteiger partial charge >= 0.3 is 0 Å². The van der Waals surface area contributed by atoms with Crippen LogP contribution in [0.4, 0.5) is 0 Å². The van der Waals surface area contributed by atoms with Gasteiger partial charge in [-0.15, -0.1) is 6.58 Å². The van der Waals surface area contributed by atoms with Crippen LogP contribution in [-0.4, -0.2) is 5.91 Å². The molecule has 134 valence electrons. The summed E-state index contributed by atoms with van der Waals surface area (Å²) in [7, 11) is 0. The van der Waals surface area contributed by atoms with E-state index in [0.29, 0.717) is 17.3 Å². The molecule has 0 radical (unpaired) electrons. The molecule has 0 saturated carbocycles. The maximum atomic E-state index is 12.6. The van der Waals surface area contributed by atoms with Crippen LogP contribution in [0.15, 0.2) is 74.2 Å². The van der Waals surface area contributed by atoms with Crippen molar-refractivity contribution in [1.29, 1.82) is 0 Å². The van der Waals surface area contributed by atoms with Crippen LogP contribution in [0, 0.1) is 13.8 Å². The van der Waals surface area contributed by atoms with Crippen LogP contribution in [0.2, 0.25) is 0 Å². The van der Waals surface area contributed by atoms with E-state index in [1.807, 2.05) is 35.0 Å². The fourth-order valence-electron chi connectivity index (χ4n) is 2.71. The lowest BCUT2D eigenvalue weighted by Crippen LogP contribution is -2.27. The number of carbonyl (C=O) groups excluding carboxylic acids is 1. The average molecular weight is 384 g/mol. The van der Waals surface area contributed by atoms with Crippen molar-refractivity contribution in [3.8, 4) is 0 Å². The molecule has 1 amide bonds. The van der Waals surface area contributed by atoms with Crippen LogP contribution < -0.4 is 5.32 Å². The maximum Gasteiger partial charge on any atom is 0.287 e. The molecule has 0 aliphatic carbocycles. The van der Waals surface area contributed by atoms with Crippen molar-refractivity contribution in [2.45, 2.75) is 36.3 Å². The molecule has 3 nitrogen and oxygen atoms in total. The summed E-state index contributed by atoms with van der Waals surface area (Å²) in [5.74, 6) is 0.111. The lowest BCUT2D eigenvalue weighted by atomic mass is 10.1. The van der Waals surface area contributed by atoms with Gasteiger partial charge in [-0.3, -0.25) is 4.79 Å². The predicted molar refractivity (Wildman–Crippen MR) is 108 cm³/mol. The second kappa shape index (κ2) is 8.43. The van der Waals surface area contributed by atoms with E-state index in [1.165, 1.54) is 11.1 Å². The highest BCUT2D eigenvalue weighted by Crippen LogP contribution is 2.34. The smallest absolute Gasteiger partial charge is 0.287 e. The standard InChI is InChI=1S/C21H21NO2S2/c1-4-6-17(16-11-12-25-13-16)22-21(23)18-9-10-19(24-18)26-20-14(2)7-5-8-15(20)3/h4-5,7-13,17H,1,6H2,2-3H3,(H,22,23). The van der Waals surface area contributed by atoms with E-state index in [4.69, 9.17) is 4.42 Å². The first kappa shape index (κ1) is 18.5. The van der Waals surface area contributed by atoms with Gasteiger partial charge in [-0.05, 0) is 65.9 Å². The maximum absolute atomic E-state index is 12.6. The Kier molecular flexibility index (Phi) is 6.01. The van der Waals surface area contributed by atoms with Crippen LogP contribution in [0.25, 0.3) is 0 Å². The highest BCUT2D eigenvalue weighted by atomic mass is 32.2. The average Bonchev–Trinajstić information content (AvgIpc) is 3.30. The Morgan fingerprint density at radius 3 is 2.69 bits per heavy atom. The first-order chi connectivity index (χ1) is 12.6. The molecule has 26 heavy (non-hydrogen) atoms. The summed E-state index contributed by atoms with van der Waals surface area (Å²) in [6, 6.07) is 11.7. The highest BCUT2D eigenvalue weighted by Gasteiger charge is 2.18. The lowest BCUT2D eigenvalue weighted by Gasteiger charge is -2.15. The van der Waals surface area contributed by atoms with Crippen molar-refractivity contribution in [3.05, 3.63) is 82.3 Å². The normalized spacial score (nSPS) is 11.9. The van der Waals surface area contributed by atoms with Crippen LogP contribution in [0.1, 0.15) is 39.7 Å². The molecule has 1 atom stereocenters. The fourth-order valence-corrected chi connectivity index (χ4v) is 4.35. The van der Waals surface area contributed by atoms with Crippen molar-refractivity contribution >= 4 is 29.0 Å². The van der Waals surface area contributed by atoms with E-state index in [1.54, 1.807) is 29.2 Å².